The third-order valence-electron chi connectivity index (χ3n) is 2.74. The molecule has 0 saturated heterocycles. The Balaban J connectivity index is 2.76. The predicted molar refractivity (Wildman–Crippen MR) is 63.3 cm³/mol. The fourth-order valence-corrected chi connectivity index (χ4v) is 1.82. The van der Waals surface area contributed by atoms with Gasteiger partial charge in [-0.2, -0.15) is 13.2 Å². The van der Waals surface area contributed by atoms with E-state index in [4.69, 9.17) is 4.74 Å². The van der Waals surface area contributed by atoms with Gasteiger partial charge in [0.05, 0.1) is 18.1 Å². The maximum atomic E-state index is 12.6. The molecule has 0 bridgehead atoms. The molecule has 1 aromatic heterocycles. The number of nitrogens with zero attached hydrogens (tertiary/aromatic N) is 1. The van der Waals surface area contributed by atoms with Crippen molar-refractivity contribution in [1.82, 2.24) is 9.97 Å². The summed E-state index contributed by atoms with van der Waals surface area (Å²) in [5, 5.41) is 0. The molecule has 0 spiro atoms. The number of hydrogen-bond acceptors (Lipinski definition) is 3. The zero-order valence-electron chi connectivity index (χ0n) is 10.3. The van der Waals surface area contributed by atoms with Gasteiger partial charge in [-0.3, -0.25) is 4.79 Å². The Morgan fingerprint density at radius 3 is 2.58 bits per heavy atom. The fraction of sp³-hybridized carbons (Fsp3) is 0.333. The maximum absolute atomic E-state index is 12.6. The average Bonchev–Trinajstić information content (AvgIpc) is 2.35. The first kappa shape index (κ1) is 13.4. The molecule has 0 unspecified atom stereocenters. The van der Waals surface area contributed by atoms with E-state index in [2.05, 4.69) is 9.97 Å². The smallest absolute Gasteiger partial charge is 0.438 e. The highest BCUT2D eigenvalue weighted by Gasteiger charge is 2.36. The van der Waals surface area contributed by atoms with Crippen molar-refractivity contribution in [3.63, 3.8) is 0 Å². The molecule has 0 saturated carbocycles. The minimum absolute atomic E-state index is 0.0426. The number of hydrogen-bond donors (Lipinski definition) is 1. The second-order valence-electron chi connectivity index (χ2n) is 3.95. The first-order valence-corrected chi connectivity index (χ1v) is 5.55. The van der Waals surface area contributed by atoms with Crippen LogP contribution >= 0.6 is 0 Å². The molecule has 0 radical (unpaired) electrons. The standard InChI is InChI=1S/C12H11F3N2O2/c1-3-6-4-7-8(5-9(6)19-2)16-10(11(18)17-7)12(13,14)15/h4-5H,3H2,1-2H3,(H,17,18). The Labute approximate surface area is 106 Å². The number of H-pyrrole nitrogens is 1. The molecule has 102 valence electrons. The van der Waals surface area contributed by atoms with Crippen LogP contribution in [0, 0.1) is 0 Å². The van der Waals surface area contributed by atoms with Crippen LogP contribution in [0.2, 0.25) is 0 Å². The molecule has 0 amide bonds. The highest BCUT2D eigenvalue weighted by molar-refractivity contribution is 5.77. The molecular formula is C12H11F3N2O2. The second kappa shape index (κ2) is 4.56. The van der Waals surface area contributed by atoms with E-state index in [0.717, 1.165) is 5.56 Å². The summed E-state index contributed by atoms with van der Waals surface area (Å²) in [7, 11) is 1.43. The lowest BCUT2D eigenvalue weighted by Gasteiger charge is -2.10. The number of aromatic amines is 1. The zero-order valence-corrected chi connectivity index (χ0v) is 10.3. The highest BCUT2D eigenvalue weighted by Crippen LogP contribution is 2.28. The van der Waals surface area contributed by atoms with Crippen LogP contribution in [0.15, 0.2) is 16.9 Å². The van der Waals surface area contributed by atoms with E-state index in [1.54, 1.807) is 6.07 Å². The van der Waals surface area contributed by atoms with E-state index in [9.17, 15) is 18.0 Å². The van der Waals surface area contributed by atoms with Crippen LogP contribution in [0.25, 0.3) is 11.0 Å². The molecule has 1 N–H and O–H groups in total. The van der Waals surface area contributed by atoms with E-state index in [-0.39, 0.29) is 11.0 Å². The van der Waals surface area contributed by atoms with Crippen LogP contribution in [0.4, 0.5) is 13.2 Å². The summed E-state index contributed by atoms with van der Waals surface area (Å²) in [6, 6.07) is 2.96. The number of ether oxygens (including phenoxy) is 1. The van der Waals surface area contributed by atoms with Gasteiger partial charge in [-0.05, 0) is 18.1 Å². The quantitative estimate of drug-likeness (QED) is 0.913. The van der Waals surface area contributed by atoms with Crippen LogP contribution in [-0.2, 0) is 12.6 Å². The number of halogens is 3. The second-order valence-corrected chi connectivity index (χ2v) is 3.95. The molecule has 1 aromatic carbocycles. The number of fused-ring (bicyclic) bond motifs is 1. The molecule has 0 atom stereocenters. The summed E-state index contributed by atoms with van der Waals surface area (Å²) in [6.45, 7) is 1.87. The average molecular weight is 272 g/mol. The summed E-state index contributed by atoms with van der Waals surface area (Å²) in [4.78, 5) is 16.9. The number of nitrogens with one attached hydrogen (secondary N) is 1. The van der Waals surface area contributed by atoms with Crippen LogP contribution in [0.1, 0.15) is 18.2 Å². The summed E-state index contributed by atoms with van der Waals surface area (Å²) < 4.78 is 42.9. The van der Waals surface area contributed by atoms with Gasteiger partial charge in [0, 0.05) is 6.07 Å². The monoisotopic (exact) mass is 272 g/mol. The molecular weight excluding hydrogens is 261 g/mol. The van der Waals surface area contributed by atoms with Gasteiger partial charge in [0.1, 0.15) is 5.75 Å². The Bertz CT molecular complexity index is 677. The minimum Gasteiger partial charge on any atom is -0.496 e. The van der Waals surface area contributed by atoms with Gasteiger partial charge in [-0.15, -0.1) is 0 Å². The minimum atomic E-state index is -4.78. The summed E-state index contributed by atoms with van der Waals surface area (Å²) in [6.07, 6.45) is -4.15. The van der Waals surface area contributed by atoms with Gasteiger partial charge in [-0.25, -0.2) is 4.98 Å². The van der Waals surface area contributed by atoms with Crippen LogP contribution < -0.4 is 10.3 Å². The van der Waals surface area contributed by atoms with E-state index in [1.807, 2.05) is 6.92 Å². The van der Waals surface area contributed by atoms with Gasteiger partial charge in [-0.1, -0.05) is 6.92 Å². The summed E-state index contributed by atoms with van der Waals surface area (Å²) >= 11 is 0. The molecule has 1 heterocycles. The lowest BCUT2D eigenvalue weighted by atomic mass is 10.1. The van der Waals surface area contributed by atoms with Crippen molar-refractivity contribution in [2.24, 2.45) is 0 Å². The van der Waals surface area contributed by atoms with Crippen molar-refractivity contribution in [2.45, 2.75) is 19.5 Å². The van der Waals surface area contributed by atoms with E-state index < -0.39 is 17.4 Å². The molecule has 19 heavy (non-hydrogen) atoms. The van der Waals surface area contributed by atoms with Crippen molar-refractivity contribution in [2.75, 3.05) is 7.11 Å². The van der Waals surface area contributed by atoms with Crippen molar-refractivity contribution in [1.29, 1.82) is 0 Å². The first-order valence-electron chi connectivity index (χ1n) is 5.55. The fourth-order valence-electron chi connectivity index (χ4n) is 1.82. The van der Waals surface area contributed by atoms with Gasteiger partial charge in [0.25, 0.3) is 5.56 Å². The van der Waals surface area contributed by atoms with E-state index in [1.165, 1.54) is 13.2 Å². The van der Waals surface area contributed by atoms with Crippen molar-refractivity contribution >= 4 is 11.0 Å². The third kappa shape index (κ3) is 2.40. The third-order valence-corrected chi connectivity index (χ3v) is 2.74. The number of rotatable bonds is 2. The SMILES string of the molecule is CCc1cc2[nH]c(=O)c(C(F)(F)F)nc2cc1OC. The molecule has 7 heteroatoms. The van der Waals surface area contributed by atoms with Crippen molar-refractivity contribution < 1.29 is 17.9 Å². The largest absolute Gasteiger partial charge is 0.496 e. The molecule has 0 aliphatic heterocycles. The molecule has 0 fully saturated rings. The zero-order chi connectivity index (χ0) is 14.2. The maximum Gasteiger partial charge on any atom is 0.438 e. The predicted octanol–water partition coefficient (Wildman–Crippen LogP) is 2.51. The Hall–Kier alpha value is -2.05. The van der Waals surface area contributed by atoms with Crippen LogP contribution in [-0.4, -0.2) is 17.1 Å². The molecule has 2 aromatic rings. The molecule has 2 rings (SSSR count). The van der Waals surface area contributed by atoms with Gasteiger partial charge in [0.15, 0.2) is 0 Å². The van der Waals surface area contributed by atoms with Gasteiger partial charge in [0.2, 0.25) is 5.69 Å². The van der Waals surface area contributed by atoms with Crippen LogP contribution in [0.5, 0.6) is 5.75 Å². The number of aryl methyl sites for hydroxylation is 1. The first-order chi connectivity index (χ1) is 8.86. The van der Waals surface area contributed by atoms with Gasteiger partial charge >= 0.3 is 6.18 Å². The lowest BCUT2D eigenvalue weighted by molar-refractivity contribution is -0.142. The Morgan fingerprint density at radius 2 is 2.05 bits per heavy atom. The topological polar surface area (TPSA) is 55.0 Å². The molecule has 0 aliphatic carbocycles. The van der Waals surface area contributed by atoms with Gasteiger partial charge < -0.3 is 9.72 Å². The van der Waals surface area contributed by atoms with Crippen molar-refractivity contribution in [3.05, 3.63) is 33.7 Å². The number of methoxy groups -OCH3 is 1. The van der Waals surface area contributed by atoms with E-state index in [0.29, 0.717) is 12.2 Å². The highest BCUT2D eigenvalue weighted by atomic mass is 19.4. The Kier molecular flexibility index (Phi) is 3.21. The summed E-state index contributed by atoms with van der Waals surface area (Å²) in [5.74, 6) is 0.447. The van der Waals surface area contributed by atoms with Crippen molar-refractivity contribution in [3.8, 4) is 5.75 Å². The normalized spacial score (nSPS) is 11.8. The number of aromatic nitrogens is 2. The summed E-state index contributed by atoms with van der Waals surface area (Å²) in [5.41, 5.74) is -1.61. The number of benzene rings is 1. The molecule has 4 nitrogen and oxygen atoms in total. The molecule has 0 aliphatic rings. The van der Waals surface area contributed by atoms with Crippen LogP contribution in [0.3, 0.4) is 0 Å². The number of alkyl halides is 3. The Morgan fingerprint density at radius 1 is 1.37 bits per heavy atom. The lowest BCUT2D eigenvalue weighted by Crippen LogP contribution is -2.23. The van der Waals surface area contributed by atoms with E-state index >= 15 is 0 Å².